The molecule has 5 nitrogen and oxygen atoms in total. The van der Waals surface area contributed by atoms with Gasteiger partial charge in [-0.25, -0.2) is 9.37 Å². The first-order chi connectivity index (χ1) is 13.0. The summed E-state index contributed by atoms with van der Waals surface area (Å²) < 4.78 is 41.0. The molecule has 4 aromatic rings. The highest BCUT2D eigenvalue weighted by Gasteiger charge is 2.18. The zero-order valence-electron chi connectivity index (χ0n) is 14.0. The summed E-state index contributed by atoms with van der Waals surface area (Å²) in [4.78, 5) is 8.23. The number of hydrogen-bond donors (Lipinski definition) is 1. The lowest BCUT2D eigenvalue weighted by molar-refractivity contribution is 0.597. The Bertz CT molecular complexity index is 1210. The number of sulfonamides is 1. The first-order valence-electron chi connectivity index (χ1n) is 8.12. The van der Waals surface area contributed by atoms with Gasteiger partial charge in [-0.2, -0.15) is 8.42 Å². The summed E-state index contributed by atoms with van der Waals surface area (Å²) in [5.74, 6) is -0.319. The molecule has 0 atom stereocenters. The Labute approximate surface area is 155 Å². The van der Waals surface area contributed by atoms with Crippen molar-refractivity contribution in [2.45, 2.75) is 5.03 Å². The van der Waals surface area contributed by atoms with Gasteiger partial charge in [0.25, 0.3) is 10.0 Å². The van der Waals surface area contributed by atoms with Crippen molar-refractivity contribution in [1.82, 2.24) is 9.97 Å². The molecule has 0 saturated carbocycles. The van der Waals surface area contributed by atoms with Crippen LogP contribution in [0.15, 0.2) is 84.1 Å². The molecule has 4 rings (SSSR count). The van der Waals surface area contributed by atoms with Crippen molar-refractivity contribution in [3.8, 4) is 11.1 Å². The molecular weight excluding hydrogens is 365 g/mol. The van der Waals surface area contributed by atoms with Crippen molar-refractivity contribution < 1.29 is 12.8 Å². The van der Waals surface area contributed by atoms with Crippen molar-refractivity contribution in [3.05, 3.63) is 84.9 Å². The molecule has 7 heteroatoms. The predicted octanol–water partition coefficient (Wildman–Crippen LogP) is 4.24. The zero-order chi connectivity index (χ0) is 18.9. The van der Waals surface area contributed by atoms with Gasteiger partial charge in [-0.1, -0.05) is 30.3 Å². The Hall–Kier alpha value is -3.32. The fourth-order valence-electron chi connectivity index (χ4n) is 2.84. The molecule has 0 spiro atoms. The van der Waals surface area contributed by atoms with Gasteiger partial charge in [-0.3, -0.25) is 9.71 Å². The van der Waals surface area contributed by atoms with Gasteiger partial charge >= 0.3 is 0 Å². The molecule has 0 aliphatic rings. The lowest BCUT2D eigenvalue weighted by Gasteiger charge is -2.12. The van der Waals surface area contributed by atoms with Gasteiger partial charge in [-0.15, -0.1) is 0 Å². The third-order valence-corrected chi connectivity index (χ3v) is 5.36. The van der Waals surface area contributed by atoms with E-state index in [1.165, 1.54) is 24.4 Å². The van der Waals surface area contributed by atoms with Crippen LogP contribution in [-0.2, 0) is 10.0 Å². The number of halogens is 1. The Balaban J connectivity index is 1.82. The molecule has 0 aliphatic carbocycles. The molecule has 0 saturated heterocycles. The second kappa shape index (κ2) is 6.77. The maximum absolute atomic E-state index is 13.2. The highest BCUT2D eigenvalue weighted by atomic mass is 32.2. The van der Waals surface area contributed by atoms with Crippen molar-refractivity contribution in [1.29, 1.82) is 0 Å². The van der Waals surface area contributed by atoms with Crippen LogP contribution in [0.4, 0.5) is 10.1 Å². The van der Waals surface area contributed by atoms with E-state index in [4.69, 9.17) is 0 Å². The van der Waals surface area contributed by atoms with Crippen LogP contribution in [0.25, 0.3) is 22.0 Å². The Morgan fingerprint density at radius 2 is 1.59 bits per heavy atom. The summed E-state index contributed by atoms with van der Waals surface area (Å²) >= 11 is 0. The SMILES string of the molecule is O=S(=O)(Nc1ccc(-c2ccc(F)cc2)c2cccnc12)c1ccccn1. The minimum absolute atomic E-state index is 0.0725. The van der Waals surface area contributed by atoms with Crippen LogP contribution >= 0.6 is 0 Å². The number of rotatable bonds is 4. The van der Waals surface area contributed by atoms with Crippen molar-refractivity contribution in [3.63, 3.8) is 0 Å². The van der Waals surface area contributed by atoms with Crippen LogP contribution in [0.2, 0.25) is 0 Å². The highest BCUT2D eigenvalue weighted by Crippen LogP contribution is 2.33. The van der Waals surface area contributed by atoms with Crippen LogP contribution < -0.4 is 4.72 Å². The molecule has 27 heavy (non-hydrogen) atoms. The Morgan fingerprint density at radius 1 is 0.815 bits per heavy atom. The van der Waals surface area contributed by atoms with Gasteiger partial charge in [0.15, 0.2) is 5.03 Å². The summed E-state index contributed by atoms with van der Waals surface area (Å²) in [6.07, 6.45) is 3.01. The molecule has 0 bridgehead atoms. The van der Waals surface area contributed by atoms with Gasteiger partial charge in [0.1, 0.15) is 5.82 Å². The number of nitrogens with zero attached hydrogens (tertiary/aromatic N) is 2. The van der Waals surface area contributed by atoms with E-state index in [-0.39, 0.29) is 10.8 Å². The van der Waals surface area contributed by atoms with Crippen molar-refractivity contribution in [2.75, 3.05) is 4.72 Å². The van der Waals surface area contributed by atoms with Gasteiger partial charge < -0.3 is 0 Å². The minimum atomic E-state index is -3.84. The molecule has 0 aliphatic heterocycles. The normalized spacial score (nSPS) is 11.4. The van der Waals surface area contributed by atoms with E-state index in [9.17, 15) is 12.8 Å². The highest BCUT2D eigenvalue weighted by molar-refractivity contribution is 7.92. The molecule has 2 aromatic heterocycles. The summed E-state index contributed by atoms with van der Waals surface area (Å²) in [7, 11) is -3.84. The van der Waals surface area contributed by atoms with E-state index in [1.54, 1.807) is 48.7 Å². The summed E-state index contributed by atoms with van der Waals surface area (Å²) in [5, 5.41) is 0.682. The molecule has 2 aromatic carbocycles. The van der Waals surface area contributed by atoms with E-state index in [1.807, 2.05) is 6.07 Å². The Kier molecular flexibility index (Phi) is 4.29. The molecule has 134 valence electrons. The fourth-order valence-corrected chi connectivity index (χ4v) is 3.86. The monoisotopic (exact) mass is 379 g/mol. The standard InChI is InChI=1S/C20H14FN3O2S/c21-15-8-6-14(7-9-15)16-10-11-18(20-17(16)4-3-13-23-20)24-27(25,26)19-5-1-2-12-22-19/h1-13,24H. The fraction of sp³-hybridized carbons (Fsp3) is 0. The summed E-state index contributed by atoms with van der Waals surface area (Å²) in [6.45, 7) is 0. The molecule has 0 unspecified atom stereocenters. The average molecular weight is 379 g/mol. The topological polar surface area (TPSA) is 72.0 Å². The van der Waals surface area contributed by atoms with E-state index < -0.39 is 10.0 Å². The predicted molar refractivity (Wildman–Crippen MR) is 102 cm³/mol. The third kappa shape index (κ3) is 3.37. The lowest BCUT2D eigenvalue weighted by atomic mass is 10.00. The maximum atomic E-state index is 13.2. The van der Waals surface area contributed by atoms with E-state index in [2.05, 4.69) is 14.7 Å². The van der Waals surface area contributed by atoms with Crippen LogP contribution in [0.5, 0.6) is 0 Å². The first-order valence-corrected chi connectivity index (χ1v) is 9.60. The number of anilines is 1. The summed E-state index contributed by atoms with van der Waals surface area (Å²) in [6, 6.07) is 17.8. The second-order valence-corrected chi connectivity index (χ2v) is 7.47. The molecule has 2 heterocycles. The number of aromatic nitrogens is 2. The number of pyridine rings is 2. The zero-order valence-corrected chi connectivity index (χ0v) is 14.8. The first kappa shape index (κ1) is 17.1. The molecule has 0 radical (unpaired) electrons. The number of nitrogens with one attached hydrogen (secondary N) is 1. The van der Waals surface area contributed by atoms with Crippen LogP contribution in [0, 0.1) is 5.82 Å². The van der Waals surface area contributed by atoms with E-state index in [0.717, 1.165) is 16.5 Å². The average Bonchev–Trinajstić information content (AvgIpc) is 2.70. The number of benzene rings is 2. The second-order valence-electron chi connectivity index (χ2n) is 5.84. The van der Waals surface area contributed by atoms with Crippen LogP contribution in [-0.4, -0.2) is 18.4 Å². The van der Waals surface area contributed by atoms with Crippen LogP contribution in [0.1, 0.15) is 0 Å². The Morgan fingerprint density at radius 3 is 2.33 bits per heavy atom. The number of hydrogen-bond acceptors (Lipinski definition) is 4. The smallest absolute Gasteiger partial charge is 0.276 e. The van der Waals surface area contributed by atoms with E-state index in [0.29, 0.717) is 11.2 Å². The molecule has 0 amide bonds. The van der Waals surface area contributed by atoms with Crippen molar-refractivity contribution >= 4 is 26.6 Å². The lowest BCUT2D eigenvalue weighted by Crippen LogP contribution is -2.14. The van der Waals surface area contributed by atoms with Gasteiger partial charge in [0, 0.05) is 17.8 Å². The maximum Gasteiger partial charge on any atom is 0.279 e. The van der Waals surface area contributed by atoms with Crippen LogP contribution in [0.3, 0.4) is 0 Å². The quantitative estimate of drug-likeness (QED) is 0.576. The molecule has 0 fully saturated rings. The third-order valence-electron chi connectivity index (χ3n) is 4.08. The van der Waals surface area contributed by atoms with Gasteiger partial charge in [0.05, 0.1) is 11.2 Å². The number of fused-ring (bicyclic) bond motifs is 1. The molecular formula is C20H14FN3O2S. The van der Waals surface area contributed by atoms with Crippen molar-refractivity contribution in [2.24, 2.45) is 0 Å². The largest absolute Gasteiger partial charge is 0.279 e. The molecule has 1 N–H and O–H groups in total. The van der Waals surface area contributed by atoms with Gasteiger partial charge in [0.2, 0.25) is 0 Å². The minimum Gasteiger partial charge on any atom is -0.276 e. The summed E-state index contributed by atoms with van der Waals surface area (Å²) in [5.41, 5.74) is 2.49. The van der Waals surface area contributed by atoms with Gasteiger partial charge in [-0.05, 0) is 47.5 Å². The van der Waals surface area contributed by atoms with E-state index >= 15 is 0 Å².